The fraction of sp³-hybridized carbons (Fsp3) is 0.478. The summed E-state index contributed by atoms with van der Waals surface area (Å²) in [6.45, 7) is 5.72. The van der Waals surface area contributed by atoms with Gasteiger partial charge < -0.3 is 4.74 Å². The summed E-state index contributed by atoms with van der Waals surface area (Å²) in [5.74, 6) is 0. The molecule has 0 spiro atoms. The van der Waals surface area contributed by atoms with Gasteiger partial charge in [0.05, 0.1) is 10.8 Å². The van der Waals surface area contributed by atoms with E-state index in [0.29, 0.717) is 0 Å². The summed E-state index contributed by atoms with van der Waals surface area (Å²) in [5.41, 5.74) is 2.46. The van der Waals surface area contributed by atoms with E-state index in [1.54, 1.807) is 0 Å². The average molecular weight is 405 g/mol. The van der Waals surface area contributed by atoms with Crippen molar-refractivity contribution < 1.29 is 8.95 Å². The van der Waals surface area contributed by atoms with Crippen molar-refractivity contribution in [3.63, 3.8) is 0 Å². The van der Waals surface area contributed by atoms with E-state index in [4.69, 9.17) is 16.3 Å². The first-order valence-corrected chi connectivity index (χ1v) is 11.3. The number of hydrogen-bond acceptors (Lipinski definition) is 2. The Balaban J connectivity index is 1.36. The first-order valence-electron chi connectivity index (χ1n) is 9.74. The maximum absolute atomic E-state index is 12.9. The maximum Gasteiger partial charge on any atom is 0.130 e. The maximum atomic E-state index is 12.9. The minimum absolute atomic E-state index is 0.0717. The van der Waals surface area contributed by atoms with Gasteiger partial charge >= 0.3 is 0 Å². The highest BCUT2D eigenvalue weighted by Crippen LogP contribution is 2.66. The van der Waals surface area contributed by atoms with Gasteiger partial charge in [-0.05, 0) is 56.7 Å². The van der Waals surface area contributed by atoms with Crippen molar-refractivity contribution in [3.8, 4) is 0 Å². The molecule has 0 amide bonds. The van der Waals surface area contributed by atoms with Crippen molar-refractivity contribution in [1.29, 1.82) is 0 Å². The zero-order valence-electron chi connectivity index (χ0n) is 16.2. The number of aryl methyl sites for hydroxylation is 2. The smallest absolute Gasteiger partial charge is 0.130 e. The third-order valence-electron chi connectivity index (χ3n) is 5.54. The number of alkyl halides is 1. The van der Waals surface area contributed by atoms with Gasteiger partial charge in [0.25, 0.3) is 0 Å². The first kappa shape index (κ1) is 20.6. The standard InChI is InChI=1S/C23H29ClO2S/c1-19-11-13-21(14-12-19)27(25)23(24)18-22(23,2)15-7-17-26-16-6-10-20-8-4-3-5-9-20/h3-5,8-9,11-14H,6-7,10,15-18H2,1-2H3/t22-,23+,27?/m1/s1. The van der Waals surface area contributed by atoms with Crippen LogP contribution in [0.15, 0.2) is 59.5 Å². The van der Waals surface area contributed by atoms with Crippen molar-refractivity contribution in [3.05, 3.63) is 65.7 Å². The van der Waals surface area contributed by atoms with Crippen LogP contribution in [0.25, 0.3) is 0 Å². The lowest BCUT2D eigenvalue weighted by atomic mass is 10.0. The van der Waals surface area contributed by atoms with Crippen LogP contribution in [0, 0.1) is 12.3 Å². The van der Waals surface area contributed by atoms with E-state index in [1.807, 2.05) is 37.3 Å². The van der Waals surface area contributed by atoms with Crippen molar-refractivity contribution >= 4 is 22.4 Å². The largest absolute Gasteiger partial charge is 0.381 e. The normalized spacial score (nSPS) is 25.3. The zero-order chi connectivity index (χ0) is 19.3. The number of benzene rings is 2. The molecule has 0 heterocycles. The Kier molecular flexibility index (Phi) is 6.78. The van der Waals surface area contributed by atoms with Gasteiger partial charge in [-0.25, -0.2) is 0 Å². The van der Waals surface area contributed by atoms with Crippen LogP contribution in [0.5, 0.6) is 0 Å². The van der Waals surface area contributed by atoms with Crippen LogP contribution < -0.4 is 0 Å². The average Bonchev–Trinajstić information content (AvgIpc) is 3.24. The molecule has 27 heavy (non-hydrogen) atoms. The highest BCUT2D eigenvalue weighted by atomic mass is 35.5. The third-order valence-corrected chi connectivity index (χ3v) is 8.47. The van der Waals surface area contributed by atoms with Crippen molar-refractivity contribution in [2.24, 2.45) is 5.41 Å². The van der Waals surface area contributed by atoms with Gasteiger partial charge in [-0.3, -0.25) is 4.21 Å². The fourth-order valence-corrected chi connectivity index (χ4v) is 5.97. The van der Waals surface area contributed by atoms with Crippen molar-refractivity contribution in [2.45, 2.75) is 55.1 Å². The molecule has 3 atom stereocenters. The van der Waals surface area contributed by atoms with Gasteiger partial charge in [0.15, 0.2) is 0 Å². The van der Waals surface area contributed by atoms with Gasteiger partial charge in [0.1, 0.15) is 4.21 Å². The Labute approximate surface area is 170 Å². The molecule has 1 unspecified atom stereocenters. The molecule has 0 N–H and O–H groups in total. The topological polar surface area (TPSA) is 26.3 Å². The lowest BCUT2D eigenvalue weighted by Crippen LogP contribution is -2.18. The van der Waals surface area contributed by atoms with Crippen LogP contribution in [0.3, 0.4) is 0 Å². The van der Waals surface area contributed by atoms with E-state index in [2.05, 4.69) is 31.2 Å². The zero-order valence-corrected chi connectivity index (χ0v) is 17.8. The number of hydrogen-bond donors (Lipinski definition) is 0. The fourth-order valence-electron chi connectivity index (χ4n) is 3.56. The van der Waals surface area contributed by atoms with Crippen LogP contribution >= 0.6 is 11.6 Å². The molecule has 1 saturated carbocycles. The molecule has 1 aliphatic rings. The Hall–Kier alpha value is -1.16. The molecule has 2 aromatic rings. The van der Waals surface area contributed by atoms with E-state index in [0.717, 1.165) is 50.2 Å². The van der Waals surface area contributed by atoms with Gasteiger partial charge in [-0.2, -0.15) is 0 Å². The second kappa shape index (κ2) is 8.89. The van der Waals surface area contributed by atoms with Crippen LogP contribution in [0.4, 0.5) is 0 Å². The molecule has 0 saturated heterocycles. The number of halogens is 1. The highest BCUT2D eigenvalue weighted by molar-refractivity contribution is 7.88. The van der Waals surface area contributed by atoms with Crippen LogP contribution in [0.1, 0.15) is 43.7 Å². The number of rotatable bonds is 10. The lowest BCUT2D eigenvalue weighted by molar-refractivity contribution is 0.124. The van der Waals surface area contributed by atoms with Gasteiger partial charge in [-0.1, -0.05) is 55.0 Å². The molecule has 0 aliphatic heterocycles. The minimum atomic E-state index is -1.17. The predicted octanol–water partition coefficient (Wildman–Crippen LogP) is 5.88. The van der Waals surface area contributed by atoms with Gasteiger partial charge in [0, 0.05) is 23.5 Å². The van der Waals surface area contributed by atoms with Crippen molar-refractivity contribution in [2.75, 3.05) is 13.2 Å². The molecular weight excluding hydrogens is 376 g/mol. The predicted molar refractivity (Wildman–Crippen MR) is 114 cm³/mol. The summed E-state index contributed by atoms with van der Waals surface area (Å²) in [5, 5.41) is 0. The second-order valence-corrected chi connectivity index (χ2v) is 10.4. The van der Waals surface area contributed by atoms with Crippen LogP contribution in [-0.4, -0.2) is 21.6 Å². The lowest BCUT2D eigenvalue weighted by Gasteiger charge is -2.17. The van der Waals surface area contributed by atoms with Crippen LogP contribution in [0.2, 0.25) is 0 Å². The summed E-state index contributed by atoms with van der Waals surface area (Å²) in [6, 6.07) is 18.4. The third kappa shape index (κ3) is 5.01. The van der Waals surface area contributed by atoms with Gasteiger partial charge in [-0.15, -0.1) is 11.6 Å². The van der Waals surface area contributed by atoms with E-state index in [9.17, 15) is 4.21 Å². The molecule has 0 bridgehead atoms. The summed E-state index contributed by atoms with van der Waals surface area (Å²) < 4.78 is 18.1. The molecular formula is C23H29ClO2S. The summed E-state index contributed by atoms with van der Waals surface area (Å²) in [6.07, 6.45) is 4.81. The molecule has 1 fully saturated rings. The van der Waals surface area contributed by atoms with E-state index in [1.165, 1.54) is 11.1 Å². The molecule has 0 aromatic heterocycles. The monoisotopic (exact) mass is 404 g/mol. The van der Waals surface area contributed by atoms with Crippen LogP contribution in [-0.2, 0) is 22.0 Å². The molecule has 2 nitrogen and oxygen atoms in total. The summed E-state index contributed by atoms with van der Waals surface area (Å²) in [7, 11) is -1.17. The second-order valence-electron chi connectivity index (χ2n) is 7.85. The SMILES string of the molecule is Cc1ccc(S(=O)[C@@]2(Cl)C[C@@]2(C)CCCOCCCc2ccccc2)cc1. The Morgan fingerprint density at radius 3 is 2.41 bits per heavy atom. The quantitative estimate of drug-likeness (QED) is 0.365. The van der Waals surface area contributed by atoms with E-state index in [-0.39, 0.29) is 5.41 Å². The highest BCUT2D eigenvalue weighted by Gasteiger charge is 2.67. The van der Waals surface area contributed by atoms with E-state index < -0.39 is 15.0 Å². The summed E-state index contributed by atoms with van der Waals surface area (Å²) in [4.78, 5) is 0.830. The Morgan fingerprint density at radius 2 is 1.70 bits per heavy atom. The molecule has 146 valence electrons. The Morgan fingerprint density at radius 1 is 1.04 bits per heavy atom. The summed E-state index contributed by atoms with van der Waals surface area (Å²) >= 11 is 6.77. The first-order chi connectivity index (χ1) is 12.9. The minimum Gasteiger partial charge on any atom is -0.381 e. The molecule has 0 radical (unpaired) electrons. The molecule has 4 heteroatoms. The number of ether oxygens (including phenoxy) is 1. The molecule has 1 aliphatic carbocycles. The Bertz CT molecular complexity index is 762. The molecule has 2 aromatic carbocycles. The van der Waals surface area contributed by atoms with Crippen molar-refractivity contribution in [1.82, 2.24) is 0 Å². The van der Waals surface area contributed by atoms with E-state index >= 15 is 0 Å². The molecule has 3 rings (SSSR count). The van der Waals surface area contributed by atoms with Gasteiger partial charge in [0.2, 0.25) is 0 Å².